The molecule has 6 heteroatoms. The molecule has 168 valence electrons. The summed E-state index contributed by atoms with van der Waals surface area (Å²) < 4.78 is 0. The highest BCUT2D eigenvalue weighted by Gasteiger charge is 2.20. The van der Waals surface area contributed by atoms with Crippen LogP contribution in [-0.2, 0) is 6.42 Å². The van der Waals surface area contributed by atoms with Crippen molar-refractivity contribution in [2.24, 2.45) is 0 Å². The van der Waals surface area contributed by atoms with Crippen LogP contribution in [0, 0.1) is 6.92 Å². The van der Waals surface area contributed by atoms with E-state index in [0.717, 1.165) is 45.4 Å². The molecule has 0 fully saturated rings. The molecule has 2 heterocycles. The molecule has 0 unspecified atom stereocenters. The first-order valence-corrected chi connectivity index (χ1v) is 12.3. The smallest absolute Gasteiger partial charge is 0.258 e. The summed E-state index contributed by atoms with van der Waals surface area (Å²) in [5, 5.41) is 7.00. The van der Waals surface area contributed by atoms with Gasteiger partial charge in [0.1, 0.15) is 0 Å². The van der Waals surface area contributed by atoms with E-state index in [1.807, 2.05) is 60.8 Å². The third-order valence-electron chi connectivity index (χ3n) is 5.86. The number of thiazole rings is 1. The van der Waals surface area contributed by atoms with E-state index < -0.39 is 0 Å². The fourth-order valence-corrected chi connectivity index (χ4v) is 4.86. The molecule has 0 spiro atoms. The van der Waals surface area contributed by atoms with Gasteiger partial charge in [-0.05, 0) is 42.7 Å². The van der Waals surface area contributed by atoms with Crippen molar-refractivity contribution >= 4 is 44.9 Å². The van der Waals surface area contributed by atoms with Crippen LogP contribution >= 0.6 is 22.9 Å². The number of pyridine rings is 1. The number of aromatic nitrogens is 2. The van der Waals surface area contributed by atoms with Gasteiger partial charge in [-0.2, -0.15) is 0 Å². The molecule has 5 rings (SSSR count). The normalized spacial score (nSPS) is 11.0. The molecule has 0 saturated heterocycles. The maximum absolute atomic E-state index is 13.5. The Bertz CT molecular complexity index is 1490. The largest absolute Gasteiger partial charge is 0.298 e. The van der Waals surface area contributed by atoms with Crippen molar-refractivity contribution in [3.05, 3.63) is 99.9 Å². The van der Waals surface area contributed by atoms with Crippen molar-refractivity contribution in [2.75, 3.05) is 5.32 Å². The average Bonchev–Trinajstić information content (AvgIpc) is 3.32. The van der Waals surface area contributed by atoms with Gasteiger partial charge in [0.05, 0.1) is 22.5 Å². The first-order chi connectivity index (χ1) is 16.5. The molecule has 34 heavy (non-hydrogen) atoms. The molecule has 1 amide bonds. The predicted molar refractivity (Wildman–Crippen MR) is 142 cm³/mol. The molecule has 0 aliphatic carbocycles. The highest BCUT2D eigenvalue weighted by atomic mass is 35.5. The van der Waals surface area contributed by atoms with Gasteiger partial charge in [-0.1, -0.05) is 73.1 Å². The van der Waals surface area contributed by atoms with E-state index in [1.165, 1.54) is 16.9 Å². The van der Waals surface area contributed by atoms with Crippen LogP contribution < -0.4 is 5.32 Å². The first-order valence-electron chi connectivity index (χ1n) is 11.0. The van der Waals surface area contributed by atoms with Gasteiger partial charge in [-0.3, -0.25) is 10.1 Å². The summed E-state index contributed by atoms with van der Waals surface area (Å²) in [5.74, 6) is -0.200. The maximum Gasteiger partial charge on any atom is 0.258 e. The van der Waals surface area contributed by atoms with E-state index in [2.05, 4.69) is 41.5 Å². The molecule has 0 aliphatic heterocycles. The van der Waals surface area contributed by atoms with E-state index >= 15 is 0 Å². The van der Waals surface area contributed by atoms with Crippen LogP contribution in [0.2, 0.25) is 5.02 Å². The van der Waals surface area contributed by atoms with Gasteiger partial charge in [0, 0.05) is 26.9 Å². The molecule has 3 aromatic carbocycles. The average molecular weight is 484 g/mol. The first kappa shape index (κ1) is 22.3. The standard InChI is InChI=1S/C28H22ClN3OS/c1-3-18-8-10-19(11-9-18)24-16-34-28(31-24)32-27(33)25-17(2)26(20-12-14-21(29)15-13-20)30-23-7-5-4-6-22(23)25/h4-16H,3H2,1-2H3,(H,31,32,33). The summed E-state index contributed by atoms with van der Waals surface area (Å²) >= 11 is 7.49. The Hall–Kier alpha value is -3.54. The van der Waals surface area contributed by atoms with E-state index in [1.54, 1.807) is 0 Å². The number of halogens is 1. The van der Waals surface area contributed by atoms with Crippen molar-refractivity contribution in [3.8, 4) is 22.5 Å². The zero-order valence-corrected chi connectivity index (χ0v) is 20.4. The van der Waals surface area contributed by atoms with Crippen LogP contribution in [0.25, 0.3) is 33.4 Å². The quantitative estimate of drug-likeness (QED) is 0.277. The Morgan fingerprint density at radius 3 is 2.38 bits per heavy atom. The van der Waals surface area contributed by atoms with Crippen LogP contribution in [0.1, 0.15) is 28.4 Å². The molecule has 0 bridgehead atoms. The van der Waals surface area contributed by atoms with Crippen LogP contribution in [-0.4, -0.2) is 15.9 Å². The molecular formula is C28H22ClN3OS. The zero-order chi connectivity index (χ0) is 23.7. The number of para-hydroxylation sites is 1. The van der Waals surface area contributed by atoms with E-state index in [-0.39, 0.29) is 5.91 Å². The van der Waals surface area contributed by atoms with Gasteiger partial charge in [0.25, 0.3) is 5.91 Å². The third-order valence-corrected chi connectivity index (χ3v) is 6.87. The Labute approximate surface area is 207 Å². The van der Waals surface area contributed by atoms with Crippen LogP contribution in [0.15, 0.2) is 78.2 Å². The molecule has 4 nitrogen and oxygen atoms in total. The Morgan fingerprint density at radius 2 is 1.65 bits per heavy atom. The van der Waals surface area contributed by atoms with Crippen molar-refractivity contribution < 1.29 is 4.79 Å². The molecular weight excluding hydrogens is 462 g/mol. The number of anilines is 1. The van der Waals surface area contributed by atoms with Gasteiger partial charge in [0.15, 0.2) is 5.13 Å². The number of nitrogens with zero attached hydrogens (tertiary/aromatic N) is 2. The van der Waals surface area contributed by atoms with Gasteiger partial charge in [-0.25, -0.2) is 9.97 Å². The van der Waals surface area contributed by atoms with E-state index in [4.69, 9.17) is 16.6 Å². The van der Waals surface area contributed by atoms with Crippen molar-refractivity contribution in [2.45, 2.75) is 20.3 Å². The molecule has 0 radical (unpaired) electrons. The molecule has 0 atom stereocenters. The molecule has 1 N–H and O–H groups in total. The van der Waals surface area contributed by atoms with Crippen LogP contribution in [0.5, 0.6) is 0 Å². The fourth-order valence-electron chi connectivity index (χ4n) is 4.02. The monoisotopic (exact) mass is 483 g/mol. The minimum atomic E-state index is -0.200. The van der Waals surface area contributed by atoms with E-state index in [9.17, 15) is 4.79 Å². The fraction of sp³-hybridized carbons (Fsp3) is 0.107. The maximum atomic E-state index is 13.5. The topological polar surface area (TPSA) is 54.9 Å². The molecule has 5 aromatic rings. The Kier molecular flexibility index (Phi) is 6.14. The summed E-state index contributed by atoms with van der Waals surface area (Å²) in [6, 6.07) is 23.6. The SMILES string of the molecule is CCc1ccc(-c2csc(NC(=O)c3c(C)c(-c4ccc(Cl)cc4)nc4ccccc34)n2)cc1. The minimum absolute atomic E-state index is 0.200. The van der Waals surface area contributed by atoms with Gasteiger partial charge in [0.2, 0.25) is 0 Å². The Balaban J connectivity index is 1.51. The number of fused-ring (bicyclic) bond motifs is 1. The number of aryl methyl sites for hydroxylation is 1. The highest BCUT2D eigenvalue weighted by Crippen LogP contribution is 2.32. The van der Waals surface area contributed by atoms with Crippen molar-refractivity contribution in [3.63, 3.8) is 0 Å². The second-order valence-electron chi connectivity index (χ2n) is 8.03. The number of carbonyl (C=O) groups is 1. The summed E-state index contributed by atoms with van der Waals surface area (Å²) in [5.41, 5.74) is 7.00. The highest BCUT2D eigenvalue weighted by molar-refractivity contribution is 7.14. The second kappa shape index (κ2) is 9.37. The lowest BCUT2D eigenvalue weighted by molar-refractivity contribution is 0.102. The van der Waals surface area contributed by atoms with Gasteiger partial charge < -0.3 is 0 Å². The summed E-state index contributed by atoms with van der Waals surface area (Å²) in [7, 11) is 0. The number of hydrogen-bond acceptors (Lipinski definition) is 4. The van der Waals surface area contributed by atoms with E-state index in [0.29, 0.717) is 15.7 Å². The predicted octanol–water partition coefficient (Wildman–Crippen LogP) is 7.80. The van der Waals surface area contributed by atoms with Gasteiger partial charge >= 0.3 is 0 Å². The number of nitrogens with one attached hydrogen (secondary N) is 1. The van der Waals surface area contributed by atoms with Crippen molar-refractivity contribution in [1.29, 1.82) is 0 Å². The van der Waals surface area contributed by atoms with Crippen LogP contribution in [0.4, 0.5) is 5.13 Å². The number of amides is 1. The minimum Gasteiger partial charge on any atom is -0.298 e. The zero-order valence-electron chi connectivity index (χ0n) is 18.8. The lowest BCUT2D eigenvalue weighted by Crippen LogP contribution is -2.15. The second-order valence-corrected chi connectivity index (χ2v) is 9.32. The summed E-state index contributed by atoms with van der Waals surface area (Å²) in [6.45, 7) is 4.06. The lowest BCUT2D eigenvalue weighted by Gasteiger charge is -2.14. The molecule has 2 aromatic heterocycles. The van der Waals surface area contributed by atoms with Crippen LogP contribution in [0.3, 0.4) is 0 Å². The third kappa shape index (κ3) is 4.32. The molecule has 0 saturated carbocycles. The van der Waals surface area contributed by atoms with Crippen molar-refractivity contribution in [1.82, 2.24) is 9.97 Å². The number of carbonyl (C=O) groups excluding carboxylic acids is 1. The molecule has 0 aliphatic rings. The lowest BCUT2D eigenvalue weighted by atomic mass is 9.97. The van der Waals surface area contributed by atoms with Gasteiger partial charge in [-0.15, -0.1) is 11.3 Å². The summed E-state index contributed by atoms with van der Waals surface area (Å²) in [4.78, 5) is 23.0. The number of benzene rings is 3. The summed E-state index contributed by atoms with van der Waals surface area (Å²) in [6.07, 6.45) is 0.996. The number of hydrogen-bond donors (Lipinski definition) is 1. The number of rotatable bonds is 5. The Morgan fingerprint density at radius 1 is 0.941 bits per heavy atom.